The van der Waals surface area contributed by atoms with Crippen molar-refractivity contribution in [1.29, 1.82) is 0 Å². The summed E-state index contributed by atoms with van der Waals surface area (Å²) in [6.07, 6.45) is 12.8. The molecule has 2 aromatic carbocycles. The number of thioether (sulfide) groups is 1. The first-order valence-electron chi connectivity index (χ1n) is 12.7. The zero-order valence-electron chi connectivity index (χ0n) is 20.7. The van der Waals surface area contributed by atoms with Crippen LogP contribution in [-0.2, 0) is 11.2 Å². The first-order valence-corrected chi connectivity index (χ1v) is 13.6. The summed E-state index contributed by atoms with van der Waals surface area (Å²) in [7, 11) is 0. The first-order chi connectivity index (χ1) is 16.4. The number of aliphatic carboxylic acids is 1. The summed E-state index contributed by atoms with van der Waals surface area (Å²) in [6, 6.07) is 14.0. The Hall–Kier alpha value is -1.27. The molecule has 0 fully saturated rings. The molecule has 2 aromatic rings. The molecule has 0 aliphatic carbocycles. The van der Waals surface area contributed by atoms with Gasteiger partial charge in [-0.05, 0) is 61.9 Å². The number of hydrogen-bond acceptors (Lipinski definition) is 4. The Kier molecular flexibility index (Phi) is 16.4. The van der Waals surface area contributed by atoms with Crippen molar-refractivity contribution in [2.75, 3.05) is 0 Å². The Labute approximate surface area is 237 Å². The van der Waals surface area contributed by atoms with Crippen LogP contribution in [-0.4, -0.2) is 51.5 Å². The third-order valence-electron chi connectivity index (χ3n) is 6.15. The number of ketones is 1. The quantitative estimate of drug-likeness (QED) is 0.0990. The number of carbonyl (C=O) groups excluding carboxylic acids is 1. The summed E-state index contributed by atoms with van der Waals surface area (Å²) in [5.41, 5.74) is 2.89. The van der Waals surface area contributed by atoms with E-state index in [9.17, 15) is 14.7 Å². The van der Waals surface area contributed by atoms with Gasteiger partial charge in [0.15, 0.2) is 5.78 Å². The van der Waals surface area contributed by atoms with Crippen LogP contribution in [0.25, 0.3) is 0 Å². The van der Waals surface area contributed by atoms with Crippen LogP contribution in [0.2, 0.25) is 0 Å². The van der Waals surface area contributed by atoms with Gasteiger partial charge in [-0.2, -0.15) is 0 Å². The molecule has 0 radical (unpaired) electrons. The molecule has 0 aromatic heterocycles. The summed E-state index contributed by atoms with van der Waals surface area (Å²) in [6.45, 7) is 3.69. The van der Waals surface area contributed by atoms with E-state index in [2.05, 4.69) is 31.2 Å². The molecule has 4 nitrogen and oxygen atoms in total. The molecule has 0 aliphatic heterocycles. The number of rotatable bonds is 17. The molecule has 1 unspecified atom stereocenters. The molecule has 35 heavy (non-hydrogen) atoms. The van der Waals surface area contributed by atoms with Crippen molar-refractivity contribution in [2.24, 2.45) is 0 Å². The number of aromatic hydroxyl groups is 1. The predicted octanol–water partition coefficient (Wildman–Crippen LogP) is 7.72. The second-order valence-electron chi connectivity index (χ2n) is 9.09. The van der Waals surface area contributed by atoms with Gasteiger partial charge in [-0.1, -0.05) is 76.1 Å². The standard InChI is InChI=1S/C29H40O4S.Na.H/c1-3-4-5-6-7-8-9-12-23-15-17-24(18-16-23)28(13-10-11-14-29(32)33)34-25-19-20-26(22(2)30)27(31)21-25;;/h15-21,28,31H,3-14H2,1-2H3,(H,32,33);;. The van der Waals surface area contributed by atoms with Crippen molar-refractivity contribution in [3.8, 4) is 5.75 Å². The normalized spacial score (nSPS) is 11.6. The maximum absolute atomic E-state index is 11.6. The summed E-state index contributed by atoms with van der Waals surface area (Å²) in [4.78, 5) is 23.4. The Morgan fingerprint density at radius 2 is 1.54 bits per heavy atom. The van der Waals surface area contributed by atoms with E-state index in [0.29, 0.717) is 12.0 Å². The number of Topliss-reactive ketones (excluding diaryl/α,β-unsaturated/α-hetero) is 1. The van der Waals surface area contributed by atoms with Gasteiger partial charge >= 0.3 is 35.5 Å². The van der Waals surface area contributed by atoms with Crippen LogP contribution in [0.3, 0.4) is 0 Å². The van der Waals surface area contributed by atoms with Gasteiger partial charge in [-0.3, -0.25) is 9.59 Å². The molecule has 0 heterocycles. The minimum absolute atomic E-state index is 0. The number of benzene rings is 2. The molecule has 188 valence electrons. The van der Waals surface area contributed by atoms with E-state index >= 15 is 0 Å². The number of phenols is 1. The average Bonchev–Trinajstić information content (AvgIpc) is 2.80. The third kappa shape index (κ3) is 12.5. The Bertz CT molecular complexity index is 898. The van der Waals surface area contributed by atoms with Crippen molar-refractivity contribution in [3.63, 3.8) is 0 Å². The third-order valence-corrected chi connectivity index (χ3v) is 7.47. The van der Waals surface area contributed by atoms with Crippen LogP contribution in [0.1, 0.15) is 111 Å². The Morgan fingerprint density at radius 1 is 0.886 bits per heavy atom. The fourth-order valence-corrected chi connectivity index (χ4v) is 5.36. The zero-order chi connectivity index (χ0) is 24.8. The molecule has 2 rings (SSSR count). The molecule has 6 heteroatoms. The summed E-state index contributed by atoms with van der Waals surface area (Å²) in [5.74, 6) is -0.911. The van der Waals surface area contributed by atoms with Crippen molar-refractivity contribution in [2.45, 2.75) is 101 Å². The minimum atomic E-state index is -0.760. The number of phenolic OH excluding ortho intramolecular Hbond substituents is 1. The van der Waals surface area contributed by atoms with Crippen LogP contribution >= 0.6 is 11.8 Å². The van der Waals surface area contributed by atoms with Gasteiger partial charge in [0, 0.05) is 16.6 Å². The van der Waals surface area contributed by atoms with Gasteiger partial charge in [-0.15, -0.1) is 11.8 Å². The second-order valence-corrected chi connectivity index (χ2v) is 10.4. The molecule has 0 amide bonds. The number of unbranched alkanes of at least 4 members (excludes halogenated alkanes) is 7. The van der Waals surface area contributed by atoms with Gasteiger partial charge in [0.1, 0.15) is 5.75 Å². The van der Waals surface area contributed by atoms with Crippen LogP contribution in [0.4, 0.5) is 0 Å². The van der Waals surface area contributed by atoms with Crippen LogP contribution in [0.15, 0.2) is 47.4 Å². The number of aryl methyl sites for hydroxylation is 1. The van der Waals surface area contributed by atoms with Crippen molar-refractivity contribution >= 4 is 53.1 Å². The fraction of sp³-hybridized carbons (Fsp3) is 0.517. The first kappa shape index (κ1) is 31.8. The summed E-state index contributed by atoms with van der Waals surface area (Å²) in [5, 5.41) is 19.3. The molecular weight excluding hydrogens is 467 g/mol. The van der Waals surface area contributed by atoms with Gasteiger partial charge < -0.3 is 10.2 Å². The van der Waals surface area contributed by atoms with Crippen molar-refractivity contribution in [3.05, 3.63) is 59.2 Å². The second kappa shape index (κ2) is 18.0. The topological polar surface area (TPSA) is 74.6 Å². The van der Waals surface area contributed by atoms with E-state index < -0.39 is 5.97 Å². The molecule has 0 saturated carbocycles. The Balaban J connectivity index is 0.00000612. The van der Waals surface area contributed by atoms with Crippen LogP contribution in [0.5, 0.6) is 5.75 Å². The molecule has 0 spiro atoms. The predicted molar refractivity (Wildman–Crippen MR) is 148 cm³/mol. The molecular formula is C29H41NaO4S. The van der Waals surface area contributed by atoms with Gasteiger partial charge in [-0.25, -0.2) is 0 Å². The van der Waals surface area contributed by atoms with Crippen molar-refractivity contribution < 1.29 is 19.8 Å². The average molecular weight is 509 g/mol. The summed E-state index contributed by atoms with van der Waals surface area (Å²) >= 11 is 1.65. The molecule has 0 bridgehead atoms. The van der Waals surface area contributed by atoms with E-state index in [-0.39, 0.29) is 52.8 Å². The maximum atomic E-state index is 11.6. The van der Waals surface area contributed by atoms with E-state index in [4.69, 9.17) is 5.11 Å². The Morgan fingerprint density at radius 3 is 2.14 bits per heavy atom. The van der Waals surface area contributed by atoms with E-state index in [1.54, 1.807) is 23.9 Å². The van der Waals surface area contributed by atoms with Crippen LogP contribution < -0.4 is 0 Å². The van der Waals surface area contributed by atoms with E-state index in [1.165, 1.54) is 63.0 Å². The number of carboxylic acids is 1. The molecule has 2 N–H and O–H groups in total. The van der Waals surface area contributed by atoms with Crippen LogP contribution in [0, 0.1) is 0 Å². The summed E-state index contributed by atoms with van der Waals surface area (Å²) < 4.78 is 0. The van der Waals surface area contributed by atoms with Gasteiger partial charge in [0.05, 0.1) is 5.56 Å². The monoisotopic (exact) mass is 508 g/mol. The van der Waals surface area contributed by atoms with E-state index in [1.807, 2.05) is 6.07 Å². The van der Waals surface area contributed by atoms with Crippen molar-refractivity contribution in [1.82, 2.24) is 0 Å². The van der Waals surface area contributed by atoms with E-state index in [0.717, 1.165) is 24.2 Å². The number of carbonyl (C=O) groups is 2. The molecule has 0 saturated heterocycles. The number of hydrogen-bond donors (Lipinski definition) is 2. The molecule has 1 atom stereocenters. The van der Waals surface area contributed by atoms with Gasteiger partial charge in [0.25, 0.3) is 0 Å². The fourth-order valence-electron chi connectivity index (χ4n) is 4.13. The molecule has 0 aliphatic rings. The zero-order valence-corrected chi connectivity index (χ0v) is 21.5. The SMILES string of the molecule is CCCCCCCCCc1ccc(C(CCCCC(=O)O)Sc2ccc(C(C)=O)c(O)c2)cc1.[NaH]. The van der Waals surface area contributed by atoms with Gasteiger partial charge in [0.2, 0.25) is 0 Å². The number of carboxylic acid groups (broad SMARTS) is 1.